The largest absolute Gasteiger partial charge is 0.378 e. The van der Waals surface area contributed by atoms with Crippen LogP contribution in [0.1, 0.15) is 27.2 Å². The Morgan fingerprint density at radius 3 is 2.63 bits per heavy atom. The Morgan fingerprint density at radius 1 is 1.00 bits per heavy atom. The fourth-order valence-electron chi connectivity index (χ4n) is 6.07. The number of pyridine rings is 1. The Bertz CT molecular complexity index is 1950. The zero-order valence-electron chi connectivity index (χ0n) is 22.4. The van der Waals surface area contributed by atoms with Gasteiger partial charge in [0, 0.05) is 37.0 Å². The number of amides is 1. The van der Waals surface area contributed by atoms with E-state index in [9.17, 15) is 14.0 Å². The van der Waals surface area contributed by atoms with Crippen molar-refractivity contribution >= 4 is 22.5 Å². The third-order valence-corrected chi connectivity index (χ3v) is 8.09. The summed E-state index contributed by atoms with van der Waals surface area (Å²) < 4.78 is 20.9. The summed E-state index contributed by atoms with van der Waals surface area (Å²) in [7, 11) is 0. The summed E-state index contributed by atoms with van der Waals surface area (Å²) in [5, 5.41) is 0.204. The lowest BCUT2D eigenvalue weighted by Gasteiger charge is -2.29. The fraction of sp³-hybridized carbons (Fsp3) is 0.188. The van der Waals surface area contributed by atoms with Gasteiger partial charge in [0.05, 0.1) is 29.8 Å². The monoisotopic (exact) mass is 547 g/mol. The van der Waals surface area contributed by atoms with E-state index in [0.717, 1.165) is 57.7 Å². The van der Waals surface area contributed by atoms with Gasteiger partial charge in [-0.1, -0.05) is 18.2 Å². The minimum atomic E-state index is -0.569. The van der Waals surface area contributed by atoms with Gasteiger partial charge in [0.15, 0.2) is 0 Å². The third-order valence-electron chi connectivity index (χ3n) is 8.09. The number of carbonyl (C=O) groups is 1. The summed E-state index contributed by atoms with van der Waals surface area (Å²) in [5.74, 6) is -1.06. The van der Waals surface area contributed by atoms with Gasteiger partial charge in [-0.15, -0.1) is 0 Å². The molecule has 0 saturated carbocycles. The Hall–Kier alpha value is -4.89. The van der Waals surface area contributed by atoms with Crippen molar-refractivity contribution < 1.29 is 13.9 Å². The summed E-state index contributed by atoms with van der Waals surface area (Å²) >= 11 is 0. The molecule has 5 aromatic rings. The van der Waals surface area contributed by atoms with Crippen LogP contribution in [0, 0.1) is 12.7 Å². The normalized spacial score (nSPS) is 14.2. The van der Waals surface area contributed by atoms with E-state index in [1.165, 1.54) is 29.1 Å². The first-order valence-corrected chi connectivity index (χ1v) is 13.5. The number of nitrogens with zero attached hydrogens (tertiary/aromatic N) is 4. The van der Waals surface area contributed by atoms with Crippen LogP contribution in [-0.2, 0) is 11.2 Å². The molecule has 2 aromatic heterocycles. The number of aromatic nitrogens is 3. The highest BCUT2D eigenvalue weighted by Gasteiger charge is 2.29. The number of carbonyl (C=O) groups excluding carboxylic acids is 1. The molecule has 1 aliphatic carbocycles. The maximum Gasteiger partial charge on any atom is 0.267 e. The lowest BCUT2D eigenvalue weighted by Crippen LogP contribution is -2.36. The number of hydrogen-bond donors (Lipinski definition) is 1. The van der Waals surface area contributed by atoms with Crippen molar-refractivity contribution in [2.45, 2.75) is 13.3 Å². The van der Waals surface area contributed by atoms with Crippen molar-refractivity contribution in [3.8, 4) is 27.9 Å². The SMILES string of the molecule is Cc1c(-c2cnc(C(N)=O)c3c2-c2ccc(N4CCOCC4)cc2C3)cccc1-n1cnc2ccc(F)cc2c1=O. The number of primary amides is 1. The van der Waals surface area contributed by atoms with Gasteiger partial charge in [-0.2, -0.15) is 0 Å². The predicted molar refractivity (Wildman–Crippen MR) is 155 cm³/mol. The smallest absolute Gasteiger partial charge is 0.267 e. The van der Waals surface area contributed by atoms with Crippen LogP contribution < -0.4 is 16.2 Å². The average Bonchev–Trinajstić information content (AvgIpc) is 3.37. The second kappa shape index (κ2) is 9.64. The molecule has 1 fully saturated rings. The molecular formula is C32H26FN5O3. The molecule has 2 N–H and O–H groups in total. The second-order valence-corrected chi connectivity index (χ2v) is 10.4. The number of nitrogens with two attached hydrogens (primary N) is 1. The number of halogens is 1. The maximum atomic E-state index is 14.0. The Labute approximate surface area is 234 Å². The molecule has 0 radical (unpaired) electrons. The van der Waals surface area contributed by atoms with E-state index in [2.05, 4.69) is 33.1 Å². The number of morpholine rings is 1. The molecule has 3 heterocycles. The molecule has 1 aliphatic heterocycles. The van der Waals surface area contributed by atoms with E-state index in [1.807, 2.05) is 25.1 Å². The minimum Gasteiger partial charge on any atom is -0.378 e. The fourth-order valence-corrected chi connectivity index (χ4v) is 6.07. The van der Waals surface area contributed by atoms with Crippen molar-refractivity contribution in [3.05, 3.63) is 106 Å². The van der Waals surface area contributed by atoms with Crippen LogP contribution in [0.25, 0.3) is 38.8 Å². The van der Waals surface area contributed by atoms with E-state index in [4.69, 9.17) is 10.5 Å². The van der Waals surface area contributed by atoms with Crippen molar-refractivity contribution in [2.75, 3.05) is 31.2 Å². The van der Waals surface area contributed by atoms with Crippen LogP contribution in [0.3, 0.4) is 0 Å². The van der Waals surface area contributed by atoms with Gasteiger partial charge in [-0.05, 0) is 76.7 Å². The Balaban J connectivity index is 1.39. The van der Waals surface area contributed by atoms with Gasteiger partial charge < -0.3 is 15.4 Å². The zero-order valence-corrected chi connectivity index (χ0v) is 22.4. The zero-order chi connectivity index (χ0) is 28.2. The summed E-state index contributed by atoms with van der Waals surface area (Å²) in [5.41, 5.74) is 14.2. The standard InChI is InChI=1S/C32H26FN5O3/c1-18-22(3-2-4-28(18)38-17-36-27-8-5-20(33)15-24(27)32(38)40)26-16-35-30(31(34)39)25-14-19-13-21(6-7-23(19)29(25)26)37-9-11-41-12-10-37/h2-8,13,15-17H,9-12,14H2,1H3,(H2,34,39). The van der Waals surface area contributed by atoms with E-state index in [-0.39, 0.29) is 16.6 Å². The molecule has 8 nitrogen and oxygen atoms in total. The second-order valence-electron chi connectivity index (χ2n) is 10.4. The number of hydrogen-bond acceptors (Lipinski definition) is 6. The van der Waals surface area contributed by atoms with Crippen LogP contribution in [0.4, 0.5) is 10.1 Å². The van der Waals surface area contributed by atoms with E-state index >= 15 is 0 Å². The molecule has 1 saturated heterocycles. The lowest BCUT2D eigenvalue weighted by molar-refractivity contribution is 0.0995. The quantitative estimate of drug-likeness (QED) is 0.351. The number of ether oxygens (including phenoxy) is 1. The summed E-state index contributed by atoms with van der Waals surface area (Å²) in [6.07, 6.45) is 3.70. The molecule has 0 unspecified atom stereocenters. The molecular weight excluding hydrogens is 521 g/mol. The van der Waals surface area contributed by atoms with Crippen LogP contribution in [0.5, 0.6) is 0 Å². The van der Waals surface area contributed by atoms with Gasteiger partial charge in [0.25, 0.3) is 11.5 Å². The first-order valence-electron chi connectivity index (χ1n) is 13.5. The van der Waals surface area contributed by atoms with Crippen LogP contribution >= 0.6 is 0 Å². The lowest BCUT2D eigenvalue weighted by atomic mass is 9.91. The van der Waals surface area contributed by atoms with Crippen LogP contribution in [0.2, 0.25) is 0 Å². The molecule has 204 valence electrons. The van der Waals surface area contributed by atoms with Crippen molar-refractivity contribution in [3.63, 3.8) is 0 Å². The third kappa shape index (κ3) is 4.08. The number of fused-ring (bicyclic) bond motifs is 4. The molecule has 2 aliphatic rings. The minimum absolute atomic E-state index is 0.204. The molecule has 1 amide bonds. The average molecular weight is 548 g/mol. The van der Waals surface area contributed by atoms with Crippen LogP contribution in [0.15, 0.2) is 71.9 Å². The van der Waals surface area contributed by atoms with Gasteiger partial charge in [-0.25, -0.2) is 9.37 Å². The van der Waals surface area contributed by atoms with Gasteiger partial charge >= 0.3 is 0 Å². The molecule has 3 aromatic carbocycles. The Morgan fingerprint density at radius 2 is 1.83 bits per heavy atom. The number of rotatable bonds is 4. The predicted octanol–water partition coefficient (Wildman–Crippen LogP) is 4.40. The Kier molecular flexibility index (Phi) is 5.90. The van der Waals surface area contributed by atoms with Crippen LogP contribution in [-0.4, -0.2) is 46.7 Å². The number of benzene rings is 3. The first kappa shape index (κ1) is 25.1. The molecule has 41 heavy (non-hydrogen) atoms. The van der Waals surface area contributed by atoms with Gasteiger partial charge in [-0.3, -0.25) is 19.1 Å². The van der Waals surface area contributed by atoms with Gasteiger partial charge in [0.1, 0.15) is 17.8 Å². The number of anilines is 1. The van der Waals surface area contributed by atoms with E-state index in [1.54, 1.807) is 6.20 Å². The molecule has 0 bridgehead atoms. The van der Waals surface area contributed by atoms with Gasteiger partial charge in [0.2, 0.25) is 0 Å². The molecule has 0 spiro atoms. The van der Waals surface area contributed by atoms with E-state index < -0.39 is 11.7 Å². The molecule has 7 rings (SSSR count). The van der Waals surface area contributed by atoms with Crippen molar-refractivity contribution in [2.24, 2.45) is 5.73 Å². The van der Waals surface area contributed by atoms with Crippen molar-refractivity contribution in [1.82, 2.24) is 14.5 Å². The topological polar surface area (TPSA) is 103 Å². The van der Waals surface area contributed by atoms with Crippen molar-refractivity contribution in [1.29, 1.82) is 0 Å². The first-order chi connectivity index (χ1) is 19.9. The summed E-state index contributed by atoms with van der Waals surface area (Å²) in [6.45, 7) is 4.97. The molecule has 0 atom stereocenters. The highest BCUT2D eigenvalue weighted by Crippen LogP contribution is 2.46. The highest BCUT2D eigenvalue weighted by atomic mass is 19.1. The maximum absolute atomic E-state index is 14.0. The molecule has 9 heteroatoms. The summed E-state index contributed by atoms with van der Waals surface area (Å²) in [6, 6.07) is 16.1. The summed E-state index contributed by atoms with van der Waals surface area (Å²) in [4.78, 5) is 37.0. The van der Waals surface area contributed by atoms with E-state index in [0.29, 0.717) is 30.8 Å². The highest BCUT2D eigenvalue weighted by molar-refractivity contribution is 6.00.